The van der Waals surface area contributed by atoms with Crippen molar-refractivity contribution in [2.45, 2.75) is 0 Å². The molecule has 2 heteroatoms. The first-order valence-electron chi connectivity index (χ1n) is 34.6. The van der Waals surface area contributed by atoms with Gasteiger partial charge in [0.1, 0.15) is 11.5 Å². The second-order valence-electron chi connectivity index (χ2n) is 11.3. The van der Waals surface area contributed by atoms with Crippen molar-refractivity contribution in [2.75, 3.05) is 4.90 Å². The Labute approximate surface area is 380 Å². The summed E-state index contributed by atoms with van der Waals surface area (Å²) in [6.45, 7) is 0. The molecule has 1 aliphatic rings. The van der Waals surface area contributed by atoms with Gasteiger partial charge in [-0.05, 0) is 110 Å². The smallest absolute Gasteiger partial charge is 0.137 e. The topological polar surface area (TPSA) is 12.5 Å². The van der Waals surface area contributed by atoms with Crippen molar-refractivity contribution in [3.05, 3.63) is 224 Å². The van der Waals surface area contributed by atoms with E-state index in [0.717, 1.165) is 0 Å². The summed E-state index contributed by atoms with van der Waals surface area (Å²) >= 11 is 0. The van der Waals surface area contributed by atoms with Gasteiger partial charge in [-0.1, -0.05) is 169 Å². The summed E-state index contributed by atoms with van der Waals surface area (Å²) in [7, 11) is 0. The lowest BCUT2D eigenvalue weighted by molar-refractivity contribution is 0.488. The maximum absolute atomic E-state index is 10.2. The van der Waals surface area contributed by atoms with Gasteiger partial charge in [0.2, 0.25) is 0 Å². The molecule has 0 bridgehead atoms. The molecule has 0 saturated carbocycles. The normalized spacial score (nSPS) is 20.6. The van der Waals surface area contributed by atoms with Crippen LogP contribution in [0.15, 0.2) is 224 Å². The van der Waals surface area contributed by atoms with Crippen molar-refractivity contribution in [2.24, 2.45) is 0 Å². The van der Waals surface area contributed by atoms with Crippen molar-refractivity contribution < 1.29 is 55.5 Å². The zero-order chi connectivity index (χ0) is 69.5. The lowest BCUT2D eigenvalue weighted by atomic mass is 9.89. The highest BCUT2D eigenvalue weighted by molar-refractivity contribution is 6.01. The number of hydrogen-bond acceptors (Lipinski definition) is 2. The molecular formula is C54H37NO. The molecule has 0 saturated heterocycles. The van der Waals surface area contributed by atoms with Gasteiger partial charge in [-0.15, -0.1) is 0 Å². The second-order valence-corrected chi connectivity index (χ2v) is 11.3. The predicted octanol–water partition coefficient (Wildman–Crippen LogP) is 15.3. The number of anilines is 3. The van der Waals surface area contributed by atoms with Gasteiger partial charge in [-0.25, -0.2) is 0 Å². The third-order valence-electron chi connectivity index (χ3n) is 8.01. The van der Waals surface area contributed by atoms with Crippen LogP contribution in [0.25, 0.3) is 66.8 Å². The molecule has 0 atom stereocenters. The van der Waals surface area contributed by atoms with Gasteiger partial charge in [0.15, 0.2) is 0 Å². The molecule has 0 aliphatic carbocycles. The van der Waals surface area contributed by atoms with E-state index in [1.165, 1.54) is 0 Å². The Morgan fingerprint density at radius 1 is 0.304 bits per heavy atom. The van der Waals surface area contributed by atoms with Crippen molar-refractivity contribution in [3.8, 4) is 78.3 Å². The molecule has 264 valence electrons. The first-order chi connectivity index (χ1) is 43.2. The third-order valence-corrected chi connectivity index (χ3v) is 8.01. The lowest BCUT2D eigenvalue weighted by Crippen LogP contribution is -2.11. The van der Waals surface area contributed by atoms with E-state index in [9.17, 15) is 23.3 Å². The number of ether oxygens (including phenoxy) is 1. The molecule has 56 heavy (non-hydrogen) atoms. The summed E-state index contributed by atoms with van der Waals surface area (Å²) in [6, 6.07) is -43.5. The summed E-state index contributed by atoms with van der Waals surface area (Å²) < 4.78 is 342. The van der Waals surface area contributed by atoms with Crippen molar-refractivity contribution in [1.29, 1.82) is 0 Å². The number of fused-ring (bicyclic) bond motifs is 5. The van der Waals surface area contributed by atoms with Gasteiger partial charge in [-0.3, -0.25) is 0 Å². The Hall–Kier alpha value is -7.42. The van der Waals surface area contributed by atoms with Gasteiger partial charge in [0.25, 0.3) is 0 Å². The van der Waals surface area contributed by atoms with Crippen LogP contribution in [0.5, 0.6) is 11.5 Å². The highest BCUT2D eigenvalue weighted by atomic mass is 16.5. The highest BCUT2D eigenvalue weighted by Crippen LogP contribution is 2.53. The molecule has 1 aliphatic heterocycles. The Morgan fingerprint density at radius 2 is 0.714 bits per heavy atom. The average molecular weight is 753 g/mol. The molecule has 0 N–H and O–H groups in total. The molecular weight excluding hydrogens is 679 g/mol. The number of hydrogen-bond donors (Lipinski definition) is 0. The zero-order valence-corrected chi connectivity index (χ0v) is 27.9. The van der Waals surface area contributed by atoms with E-state index in [4.69, 9.17) is 32.2 Å². The molecule has 10 rings (SSSR count). The van der Waals surface area contributed by atoms with E-state index < -0.39 is 319 Å². The van der Waals surface area contributed by atoms with Gasteiger partial charge < -0.3 is 9.64 Å². The Morgan fingerprint density at radius 3 is 1.21 bits per heavy atom. The van der Waals surface area contributed by atoms with E-state index in [2.05, 4.69) is 0 Å². The van der Waals surface area contributed by atoms with Crippen LogP contribution in [0.2, 0.25) is 0 Å². The molecule has 0 amide bonds. The van der Waals surface area contributed by atoms with Crippen molar-refractivity contribution in [1.82, 2.24) is 0 Å². The summed E-state index contributed by atoms with van der Waals surface area (Å²) in [4.78, 5) is 0.216. The maximum atomic E-state index is 10.2. The first-order valence-corrected chi connectivity index (χ1v) is 16.1. The average Bonchev–Trinajstić information content (AvgIpc) is 1.68. The van der Waals surface area contributed by atoms with Crippen LogP contribution in [0, 0.1) is 0 Å². The van der Waals surface area contributed by atoms with Crippen LogP contribution >= 0.6 is 0 Å². The second kappa shape index (κ2) is 14.4. The number of benzene rings is 9. The molecule has 9 aromatic carbocycles. The highest BCUT2D eigenvalue weighted by Gasteiger charge is 2.27. The monoisotopic (exact) mass is 753 g/mol. The zero-order valence-electron chi connectivity index (χ0n) is 64.9. The fourth-order valence-corrected chi connectivity index (χ4v) is 5.56. The minimum absolute atomic E-state index is 0.216. The minimum Gasteiger partial charge on any atom is -0.456 e. The summed E-state index contributed by atoms with van der Waals surface area (Å²) in [5.41, 5.74) is -16.3. The maximum Gasteiger partial charge on any atom is 0.137 e. The van der Waals surface area contributed by atoms with Gasteiger partial charge in [0.05, 0.1) is 56.4 Å². The Kier molecular flexibility index (Phi) is 3.17. The van der Waals surface area contributed by atoms with Crippen LogP contribution < -0.4 is 9.64 Å². The minimum atomic E-state index is -1.43. The predicted molar refractivity (Wildman–Crippen MR) is 234 cm³/mol. The summed E-state index contributed by atoms with van der Waals surface area (Å²) in [5.74, 6) is -2.39. The largest absolute Gasteiger partial charge is 0.456 e. The fourth-order valence-electron chi connectivity index (χ4n) is 5.56. The summed E-state index contributed by atoms with van der Waals surface area (Å²) in [5, 5.41) is 0. The number of rotatable bonds is 7. The molecule has 0 radical (unpaired) electrons. The van der Waals surface area contributed by atoms with Crippen molar-refractivity contribution >= 4 is 17.1 Å². The van der Waals surface area contributed by atoms with Gasteiger partial charge in [-0.2, -0.15) is 0 Å². The van der Waals surface area contributed by atoms with Crippen LogP contribution in [0.1, 0.15) is 50.7 Å². The molecule has 9 aromatic rings. The van der Waals surface area contributed by atoms with Crippen LogP contribution in [-0.2, 0) is 0 Å². The SMILES string of the molecule is [2H]c1c([2H])c([2H])c(-c2c([2H])c([2H])c(N(c3c([2H])c([2H])c(-c4c([2H])c([2H])c([2H])c([2H])c4[2H])c([2H])c3[2H])c3c([2H])c([2H])c([2H])c4c3-c3c([2H])c([2H])c(-c5c([2H])c([2H])c([2H])c([2H])c5[2H])c([2H])c3-c3c([2H])c(-c5c([2H])c([2H])c([2H])c([2H])c5[2H])c([2H])c([2H])c3O4)c([2H])c2[2H])c([2H])c1[2H]. The molecule has 0 spiro atoms. The van der Waals surface area contributed by atoms with E-state index in [1.54, 1.807) is 0 Å². The van der Waals surface area contributed by atoms with E-state index >= 15 is 0 Å². The number of nitrogens with zero attached hydrogens (tertiary/aromatic N) is 1. The van der Waals surface area contributed by atoms with E-state index in [0.29, 0.717) is 0 Å². The first kappa shape index (κ1) is 12.3. The fraction of sp³-hybridized carbons (Fsp3) is 0. The van der Waals surface area contributed by atoms with E-state index in [-0.39, 0.29) is 4.90 Å². The molecule has 0 unspecified atom stereocenters. The lowest BCUT2D eigenvalue weighted by Gasteiger charge is -2.29. The van der Waals surface area contributed by atoms with Gasteiger partial charge in [0, 0.05) is 22.5 Å². The standard InChI is InChI=1S/C54H37NO/c1-5-14-38(15-6-1)42-24-30-46(31-25-42)55(47-32-26-43(27-33-47)39-16-7-2-8-17-39)51-22-13-23-53-54(51)48-34-28-44(40-18-9-3-10-19-40)36-49(48)50-37-45(29-35-52(50)56-53)41-20-11-4-12-21-41/h1-37H/i1D,2D,3D,4D,5D,6D,7D,8D,9D,10D,11D,12D,13D,14D,15D,16D,17D,18D,19D,20D,21D,22D,23D,24D,25D,26D,27D,28D,29D,30D,31D,32D,33D,34D,35D,36D,37D. The van der Waals surface area contributed by atoms with E-state index in [1.807, 2.05) is 0 Å². The molecule has 1 heterocycles. The quantitative estimate of drug-likeness (QED) is 0.161. The summed E-state index contributed by atoms with van der Waals surface area (Å²) in [6.07, 6.45) is 0. The van der Waals surface area contributed by atoms with Crippen LogP contribution in [0.3, 0.4) is 0 Å². The molecule has 2 nitrogen and oxygen atoms in total. The molecule has 0 fully saturated rings. The van der Waals surface area contributed by atoms with Crippen LogP contribution in [-0.4, -0.2) is 0 Å². The van der Waals surface area contributed by atoms with Crippen molar-refractivity contribution in [3.63, 3.8) is 0 Å². The Bertz CT molecular complexity index is 4670. The van der Waals surface area contributed by atoms with Gasteiger partial charge >= 0.3 is 0 Å². The molecule has 0 aromatic heterocycles. The third kappa shape index (κ3) is 6.24. The Balaban J connectivity index is 1.50. The van der Waals surface area contributed by atoms with Crippen LogP contribution in [0.4, 0.5) is 17.1 Å².